The quantitative estimate of drug-likeness (QED) is 0.250. The van der Waals surface area contributed by atoms with Crippen LogP contribution in [0.15, 0.2) is 24.4 Å². The summed E-state index contributed by atoms with van der Waals surface area (Å²) >= 11 is 0. The molecule has 0 aliphatic carbocycles. The molecule has 1 aromatic carbocycles. The number of benzene rings is 1. The van der Waals surface area contributed by atoms with Crippen LogP contribution in [0.5, 0.6) is 0 Å². The first-order valence-corrected chi connectivity index (χ1v) is 10.6. The van der Waals surface area contributed by atoms with Crippen LogP contribution in [0.4, 0.5) is 0 Å². The number of H-pyrrole nitrogens is 1. The van der Waals surface area contributed by atoms with Gasteiger partial charge in [0, 0.05) is 41.9 Å². The molecule has 3 N–H and O–H groups in total. The predicted octanol–water partition coefficient (Wildman–Crippen LogP) is 3.71. The van der Waals surface area contributed by atoms with Gasteiger partial charge in [0.1, 0.15) is 6.04 Å². The average molecular weight is 443 g/mol. The molecule has 162 valence electrons. The van der Waals surface area contributed by atoms with Gasteiger partial charge in [0.15, 0.2) is 5.78 Å². The number of Topliss-reactive ketones (excluding diaryl/α,β-unsaturated/α-hetero) is 1. The van der Waals surface area contributed by atoms with Crippen molar-refractivity contribution in [3.63, 3.8) is 0 Å². The summed E-state index contributed by atoms with van der Waals surface area (Å²) in [5.41, 5.74) is 2.28. The number of rotatable bonds is 13. The van der Waals surface area contributed by atoms with E-state index in [4.69, 9.17) is 0 Å². The summed E-state index contributed by atoms with van der Waals surface area (Å²) in [6.07, 6.45) is 8.46. The minimum absolute atomic E-state index is 0. The van der Waals surface area contributed by atoms with E-state index in [1.807, 2.05) is 12.1 Å². The van der Waals surface area contributed by atoms with Crippen LogP contribution in [-0.4, -0.2) is 71.5 Å². The summed E-state index contributed by atoms with van der Waals surface area (Å²) in [6, 6.07) is 4.50. The Balaban J connectivity index is 0.00000450. The van der Waals surface area contributed by atoms with Crippen LogP contribution in [-0.2, 0) is 16.0 Å². The average Bonchev–Trinajstić information content (AvgIpc) is 3.09. The van der Waals surface area contributed by atoms with Crippen LogP contribution in [0.25, 0.3) is 10.9 Å². The van der Waals surface area contributed by atoms with E-state index in [-0.39, 0.29) is 55.8 Å². The molecule has 0 saturated carbocycles. The fourth-order valence-electron chi connectivity index (χ4n) is 3.42. The van der Waals surface area contributed by atoms with E-state index in [0.717, 1.165) is 55.0 Å². The number of carboxylic acids is 1. The molecule has 0 bridgehead atoms. The Bertz CT molecular complexity index is 847. The van der Waals surface area contributed by atoms with E-state index in [9.17, 15) is 19.5 Å². The van der Waals surface area contributed by atoms with Crippen molar-refractivity contribution in [3.8, 4) is 0 Å². The van der Waals surface area contributed by atoms with Crippen LogP contribution in [0.3, 0.4) is 0 Å². The number of fused-ring (bicyclic) bond motifs is 1. The molecule has 0 aliphatic heterocycles. The van der Waals surface area contributed by atoms with Gasteiger partial charge in [-0.05, 0) is 36.6 Å². The SMILES string of the molecule is CCCCCC(=O)N[C@@H](Cc1c[nH]c2ccc(C(=O)CCCCC)cc12)C(=O)O.[CaH2]. The summed E-state index contributed by atoms with van der Waals surface area (Å²) < 4.78 is 0. The number of carboxylic acid groups (broad SMARTS) is 1. The molecule has 0 spiro atoms. The predicted molar refractivity (Wildman–Crippen MR) is 123 cm³/mol. The summed E-state index contributed by atoms with van der Waals surface area (Å²) in [7, 11) is 0. The van der Waals surface area contributed by atoms with Gasteiger partial charge in [-0.2, -0.15) is 0 Å². The molecule has 1 heterocycles. The first kappa shape index (κ1) is 26.7. The minimum atomic E-state index is -1.06. The second-order valence-electron chi connectivity index (χ2n) is 7.57. The molecule has 7 heteroatoms. The zero-order valence-electron chi connectivity index (χ0n) is 17.4. The molecule has 0 fully saturated rings. The standard InChI is InChI=1S/C23H32N2O4.Ca.2H/c1-3-5-7-9-21(26)16-11-12-19-18(13-16)17(15-24-19)14-20(23(28)29)25-22(27)10-8-6-4-2;;;/h11-13,15,20,24H,3-10,14H2,1-2H3,(H,25,27)(H,28,29);;;/t20-;;;/m0.../s1. The Kier molecular flexibility index (Phi) is 12.3. The van der Waals surface area contributed by atoms with Crippen molar-refractivity contribution >= 4 is 66.3 Å². The first-order chi connectivity index (χ1) is 14.0. The third kappa shape index (κ3) is 8.05. The van der Waals surface area contributed by atoms with Crippen LogP contribution in [0.2, 0.25) is 0 Å². The van der Waals surface area contributed by atoms with Crippen LogP contribution < -0.4 is 5.32 Å². The fraction of sp³-hybridized carbons (Fsp3) is 0.522. The Morgan fingerprint density at radius 2 is 1.70 bits per heavy atom. The number of hydrogen-bond donors (Lipinski definition) is 3. The molecule has 1 amide bonds. The fourth-order valence-corrected chi connectivity index (χ4v) is 3.42. The van der Waals surface area contributed by atoms with Gasteiger partial charge in [-0.15, -0.1) is 0 Å². The third-order valence-electron chi connectivity index (χ3n) is 5.16. The van der Waals surface area contributed by atoms with Gasteiger partial charge >= 0.3 is 43.7 Å². The van der Waals surface area contributed by atoms with Gasteiger partial charge in [0.2, 0.25) is 5.91 Å². The van der Waals surface area contributed by atoms with Crippen LogP contribution in [0, 0.1) is 0 Å². The third-order valence-corrected chi connectivity index (χ3v) is 5.16. The number of hydrogen-bond acceptors (Lipinski definition) is 3. The van der Waals surface area contributed by atoms with Gasteiger partial charge in [-0.25, -0.2) is 4.79 Å². The molecule has 0 radical (unpaired) electrons. The van der Waals surface area contributed by atoms with Crippen molar-refractivity contribution < 1.29 is 19.5 Å². The molecule has 6 nitrogen and oxygen atoms in total. The molecule has 0 saturated heterocycles. The van der Waals surface area contributed by atoms with Crippen molar-refractivity contribution in [2.75, 3.05) is 0 Å². The van der Waals surface area contributed by atoms with E-state index in [0.29, 0.717) is 18.4 Å². The van der Waals surface area contributed by atoms with Crippen molar-refractivity contribution in [3.05, 3.63) is 35.5 Å². The van der Waals surface area contributed by atoms with E-state index in [1.165, 1.54) is 0 Å². The number of nitrogens with one attached hydrogen (secondary N) is 2. The first-order valence-electron chi connectivity index (χ1n) is 10.6. The van der Waals surface area contributed by atoms with Crippen molar-refractivity contribution in [1.29, 1.82) is 0 Å². The summed E-state index contributed by atoms with van der Waals surface area (Å²) in [5.74, 6) is -1.20. The summed E-state index contributed by atoms with van der Waals surface area (Å²) in [6.45, 7) is 4.15. The Hall–Kier alpha value is -1.37. The maximum atomic E-state index is 12.4. The summed E-state index contributed by atoms with van der Waals surface area (Å²) in [5, 5.41) is 13.0. The number of aromatic nitrogens is 1. The second-order valence-corrected chi connectivity index (χ2v) is 7.57. The number of carbonyl (C=O) groups is 3. The van der Waals surface area contributed by atoms with Crippen molar-refractivity contribution in [2.24, 2.45) is 0 Å². The molecule has 2 rings (SSSR count). The van der Waals surface area contributed by atoms with Crippen LogP contribution in [0.1, 0.15) is 81.1 Å². The molecule has 0 aliphatic rings. The Morgan fingerprint density at radius 1 is 1.03 bits per heavy atom. The number of ketones is 1. The second kappa shape index (κ2) is 13.8. The van der Waals surface area contributed by atoms with Gasteiger partial charge in [-0.3, -0.25) is 9.59 Å². The number of aliphatic carboxylic acids is 1. The van der Waals surface area contributed by atoms with Crippen molar-refractivity contribution in [2.45, 2.75) is 77.7 Å². The Morgan fingerprint density at radius 3 is 2.33 bits per heavy atom. The van der Waals surface area contributed by atoms with Gasteiger partial charge in [0.05, 0.1) is 0 Å². The monoisotopic (exact) mass is 442 g/mol. The molecule has 1 aromatic heterocycles. The van der Waals surface area contributed by atoms with Crippen LogP contribution >= 0.6 is 0 Å². The van der Waals surface area contributed by atoms with Crippen molar-refractivity contribution in [1.82, 2.24) is 10.3 Å². The van der Waals surface area contributed by atoms with Gasteiger partial charge < -0.3 is 15.4 Å². The normalized spacial score (nSPS) is 11.7. The number of amides is 1. The number of aromatic amines is 1. The van der Waals surface area contributed by atoms with E-state index in [1.54, 1.807) is 12.3 Å². The van der Waals surface area contributed by atoms with Gasteiger partial charge in [0.25, 0.3) is 0 Å². The molecule has 30 heavy (non-hydrogen) atoms. The Labute approximate surface area is 208 Å². The molecule has 0 unspecified atom stereocenters. The number of carbonyl (C=O) groups excluding carboxylic acids is 2. The number of unbranched alkanes of at least 4 members (excludes halogenated alkanes) is 4. The van der Waals surface area contributed by atoms with E-state index in [2.05, 4.69) is 24.1 Å². The molecular weight excluding hydrogens is 408 g/mol. The zero-order chi connectivity index (χ0) is 21.2. The molecule has 1 atom stereocenters. The molecule has 2 aromatic rings. The maximum absolute atomic E-state index is 12.4. The topological polar surface area (TPSA) is 99.3 Å². The van der Waals surface area contributed by atoms with Gasteiger partial charge in [-0.1, -0.05) is 39.5 Å². The zero-order valence-corrected chi connectivity index (χ0v) is 17.4. The summed E-state index contributed by atoms with van der Waals surface area (Å²) in [4.78, 5) is 39.3. The molecular formula is C23H34CaN2O4. The van der Waals surface area contributed by atoms with E-state index >= 15 is 0 Å². The van der Waals surface area contributed by atoms with E-state index < -0.39 is 12.0 Å².